The topological polar surface area (TPSA) is 73.6 Å². The van der Waals surface area contributed by atoms with Crippen LogP contribution in [0.2, 0.25) is 0 Å². The van der Waals surface area contributed by atoms with Crippen LogP contribution in [-0.4, -0.2) is 32.2 Å². The molecule has 0 aromatic heterocycles. The van der Waals surface area contributed by atoms with Crippen molar-refractivity contribution in [1.82, 2.24) is 5.32 Å². The molecule has 5 nitrogen and oxygen atoms in total. The van der Waals surface area contributed by atoms with Gasteiger partial charge in [-0.05, 0) is 43.9 Å². The number of halogens is 1. The molecule has 6 heteroatoms. The lowest BCUT2D eigenvalue weighted by Gasteiger charge is -2.29. The number of carbonyl (C=O) groups excluding carboxylic acids is 1. The van der Waals surface area contributed by atoms with E-state index in [1.807, 2.05) is 6.92 Å². The zero-order valence-electron chi connectivity index (χ0n) is 12.6. The molecular weight excluding hydrogens is 292 g/mol. The van der Waals surface area contributed by atoms with Gasteiger partial charge in [0.05, 0.1) is 19.8 Å². The van der Waals surface area contributed by atoms with Gasteiger partial charge in [0, 0.05) is 12.1 Å². The van der Waals surface area contributed by atoms with E-state index in [2.05, 4.69) is 5.32 Å². The number of nitrogens with two attached hydrogens (primary N) is 1. The van der Waals surface area contributed by atoms with Crippen molar-refractivity contribution in [3.8, 4) is 11.5 Å². The molecule has 1 amide bonds. The molecule has 1 aliphatic carbocycles. The van der Waals surface area contributed by atoms with Crippen LogP contribution in [0.5, 0.6) is 11.5 Å². The van der Waals surface area contributed by atoms with Gasteiger partial charge in [-0.3, -0.25) is 4.79 Å². The van der Waals surface area contributed by atoms with Crippen LogP contribution in [0.4, 0.5) is 0 Å². The van der Waals surface area contributed by atoms with E-state index in [0.29, 0.717) is 29.5 Å². The van der Waals surface area contributed by atoms with Gasteiger partial charge in [0.2, 0.25) is 0 Å². The Kier molecular flexibility index (Phi) is 5.87. The summed E-state index contributed by atoms with van der Waals surface area (Å²) in [5, 5.41) is 3.05. The molecule has 118 valence electrons. The third kappa shape index (κ3) is 3.80. The molecule has 1 aromatic carbocycles. The summed E-state index contributed by atoms with van der Waals surface area (Å²) in [6.45, 7) is 2.44. The zero-order chi connectivity index (χ0) is 14.8. The summed E-state index contributed by atoms with van der Waals surface area (Å²) in [5.41, 5.74) is 6.03. The molecule has 0 bridgehead atoms. The van der Waals surface area contributed by atoms with E-state index < -0.39 is 0 Å². The molecule has 1 unspecified atom stereocenters. The van der Waals surface area contributed by atoms with Gasteiger partial charge in [-0.15, -0.1) is 12.4 Å². The Morgan fingerprint density at radius 2 is 1.95 bits per heavy atom. The monoisotopic (exact) mass is 314 g/mol. The highest BCUT2D eigenvalue weighted by molar-refractivity contribution is 5.95. The predicted molar refractivity (Wildman–Crippen MR) is 84.4 cm³/mol. The number of hydrogen-bond donors (Lipinski definition) is 2. The van der Waals surface area contributed by atoms with Crippen molar-refractivity contribution in [2.75, 3.05) is 20.8 Å². The molecule has 21 heavy (non-hydrogen) atoms. The van der Waals surface area contributed by atoms with Crippen LogP contribution in [0, 0.1) is 5.92 Å². The number of carbonyl (C=O) groups is 1. The molecule has 1 fully saturated rings. The molecule has 1 aromatic rings. The van der Waals surface area contributed by atoms with E-state index in [1.165, 1.54) is 0 Å². The first-order valence-electron chi connectivity index (χ1n) is 6.78. The Bertz CT molecular complexity index is 506. The number of ether oxygens (including phenoxy) is 2. The van der Waals surface area contributed by atoms with Gasteiger partial charge in [-0.2, -0.15) is 0 Å². The molecule has 0 saturated heterocycles. The van der Waals surface area contributed by atoms with E-state index >= 15 is 0 Å². The van der Waals surface area contributed by atoms with Gasteiger partial charge in [0.15, 0.2) is 11.5 Å². The van der Waals surface area contributed by atoms with Crippen LogP contribution in [0.1, 0.15) is 30.1 Å². The van der Waals surface area contributed by atoms with Crippen molar-refractivity contribution >= 4 is 18.3 Å². The van der Waals surface area contributed by atoms with Crippen LogP contribution >= 0.6 is 12.4 Å². The normalized spacial score (nSPS) is 16.4. The zero-order valence-corrected chi connectivity index (χ0v) is 13.5. The third-order valence-electron chi connectivity index (χ3n) is 3.95. The molecule has 3 N–H and O–H groups in total. The van der Waals surface area contributed by atoms with Crippen molar-refractivity contribution in [3.63, 3.8) is 0 Å². The molecule has 0 aliphatic heterocycles. The molecule has 2 rings (SSSR count). The minimum absolute atomic E-state index is 0. The molecule has 0 radical (unpaired) electrons. The summed E-state index contributed by atoms with van der Waals surface area (Å²) in [6.07, 6.45) is 2.25. The fourth-order valence-electron chi connectivity index (χ4n) is 2.35. The summed E-state index contributed by atoms with van der Waals surface area (Å²) in [4.78, 5) is 12.4. The Balaban J connectivity index is 0.00000220. The van der Waals surface area contributed by atoms with Gasteiger partial charge in [0.1, 0.15) is 0 Å². The number of methoxy groups -OCH3 is 2. The Labute approximate surface area is 131 Å². The number of benzene rings is 1. The Morgan fingerprint density at radius 3 is 2.43 bits per heavy atom. The summed E-state index contributed by atoms with van der Waals surface area (Å²) < 4.78 is 10.4. The van der Waals surface area contributed by atoms with Crippen LogP contribution in [-0.2, 0) is 0 Å². The molecular formula is C15H23ClN2O3. The lowest BCUT2D eigenvalue weighted by molar-refractivity contribution is 0.0897. The number of nitrogens with one attached hydrogen (secondary N) is 1. The fraction of sp³-hybridized carbons (Fsp3) is 0.533. The van der Waals surface area contributed by atoms with E-state index in [0.717, 1.165) is 12.8 Å². The highest BCUT2D eigenvalue weighted by Crippen LogP contribution is 2.39. The smallest absolute Gasteiger partial charge is 0.251 e. The Morgan fingerprint density at radius 1 is 1.33 bits per heavy atom. The maximum atomic E-state index is 12.4. The van der Waals surface area contributed by atoms with E-state index in [-0.39, 0.29) is 23.9 Å². The minimum Gasteiger partial charge on any atom is -0.493 e. The average molecular weight is 315 g/mol. The first-order chi connectivity index (χ1) is 9.54. The quantitative estimate of drug-likeness (QED) is 0.842. The third-order valence-corrected chi connectivity index (χ3v) is 3.95. The first-order valence-corrected chi connectivity index (χ1v) is 6.78. The summed E-state index contributed by atoms with van der Waals surface area (Å²) >= 11 is 0. The maximum Gasteiger partial charge on any atom is 0.251 e. The van der Waals surface area contributed by atoms with Crippen molar-refractivity contribution < 1.29 is 14.3 Å². The van der Waals surface area contributed by atoms with Gasteiger partial charge >= 0.3 is 0 Å². The van der Waals surface area contributed by atoms with Gasteiger partial charge in [-0.1, -0.05) is 0 Å². The van der Waals surface area contributed by atoms with Gasteiger partial charge in [-0.25, -0.2) is 0 Å². The average Bonchev–Trinajstić information content (AvgIpc) is 3.31. The van der Waals surface area contributed by atoms with E-state index in [9.17, 15) is 4.79 Å². The largest absolute Gasteiger partial charge is 0.493 e. The van der Waals surface area contributed by atoms with Crippen LogP contribution in [0.3, 0.4) is 0 Å². The predicted octanol–water partition coefficient (Wildman–Crippen LogP) is 1.98. The summed E-state index contributed by atoms with van der Waals surface area (Å²) in [7, 11) is 3.11. The number of rotatable bonds is 6. The van der Waals surface area contributed by atoms with Crippen LogP contribution in [0.15, 0.2) is 18.2 Å². The minimum atomic E-state index is -0.329. The van der Waals surface area contributed by atoms with Crippen molar-refractivity contribution in [2.24, 2.45) is 11.7 Å². The van der Waals surface area contributed by atoms with Crippen LogP contribution in [0.25, 0.3) is 0 Å². The molecule has 1 atom stereocenters. The second-order valence-electron chi connectivity index (χ2n) is 5.42. The summed E-state index contributed by atoms with van der Waals surface area (Å²) in [5.74, 6) is 1.50. The Hall–Kier alpha value is -1.46. The second-order valence-corrected chi connectivity index (χ2v) is 5.42. The number of hydrogen-bond acceptors (Lipinski definition) is 4. The fourth-order valence-corrected chi connectivity index (χ4v) is 2.35. The van der Waals surface area contributed by atoms with Gasteiger partial charge < -0.3 is 20.5 Å². The lowest BCUT2D eigenvalue weighted by atomic mass is 9.95. The van der Waals surface area contributed by atoms with E-state index in [4.69, 9.17) is 15.2 Å². The highest BCUT2D eigenvalue weighted by Gasteiger charge is 2.41. The molecule has 0 heterocycles. The summed E-state index contributed by atoms with van der Waals surface area (Å²) in [6, 6.07) is 5.13. The van der Waals surface area contributed by atoms with Crippen molar-refractivity contribution in [1.29, 1.82) is 0 Å². The standard InChI is InChI=1S/C15H22N2O3.ClH/c1-15(9-16,11-5-6-11)17-14(18)10-4-7-12(19-2)13(8-10)20-3;/h4,7-8,11H,5-6,9,16H2,1-3H3,(H,17,18);1H. The first kappa shape index (κ1) is 17.6. The number of amides is 1. The molecule has 0 spiro atoms. The maximum absolute atomic E-state index is 12.4. The van der Waals surface area contributed by atoms with Gasteiger partial charge in [0.25, 0.3) is 5.91 Å². The lowest BCUT2D eigenvalue weighted by Crippen LogP contribution is -2.53. The highest BCUT2D eigenvalue weighted by atomic mass is 35.5. The van der Waals surface area contributed by atoms with E-state index in [1.54, 1.807) is 32.4 Å². The molecule has 1 aliphatic rings. The SMILES string of the molecule is COc1ccc(C(=O)NC(C)(CN)C2CC2)cc1OC.Cl. The van der Waals surface area contributed by atoms with Crippen LogP contribution < -0.4 is 20.5 Å². The van der Waals surface area contributed by atoms with Crippen molar-refractivity contribution in [2.45, 2.75) is 25.3 Å². The van der Waals surface area contributed by atoms with Crippen molar-refractivity contribution in [3.05, 3.63) is 23.8 Å². The second kappa shape index (κ2) is 7.00. The molecule has 1 saturated carbocycles.